The van der Waals surface area contributed by atoms with Crippen LogP contribution in [-0.4, -0.2) is 67.9 Å². The van der Waals surface area contributed by atoms with Gasteiger partial charge in [0.05, 0.1) is 25.4 Å². The predicted molar refractivity (Wildman–Crippen MR) is 142 cm³/mol. The van der Waals surface area contributed by atoms with E-state index < -0.39 is 16.0 Å². The van der Waals surface area contributed by atoms with Gasteiger partial charge in [-0.2, -0.15) is 8.42 Å². The van der Waals surface area contributed by atoms with Crippen molar-refractivity contribution in [2.45, 2.75) is 64.9 Å². The Labute approximate surface area is 230 Å². The molecule has 0 saturated carbocycles. The van der Waals surface area contributed by atoms with E-state index in [1.165, 1.54) is 6.33 Å². The molecule has 0 radical (unpaired) electrons. The Balaban J connectivity index is 1.21. The lowest BCUT2D eigenvalue weighted by Crippen LogP contribution is -2.41. The van der Waals surface area contributed by atoms with Crippen LogP contribution in [0.4, 0.5) is 4.79 Å². The fourth-order valence-corrected chi connectivity index (χ4v) is 5.19. The number of piperidine rings is 1. The fraction of sp³-hybridized carbons (Fsp3) is 0.593. The standard InChI is InChI=1S/C27H37N3O8S/c1-19-24(34-15-5-6-20-11-13-30(14-12-20)26(31)38-27(2,3)4)28-18-29-25(19)37-23-9-7-21(8-10-23)22-16-35-39(32,33)36-17-22/h7-10,18,20,22H,5-6,11-17H2,1-4H3. The topological polar surface area (TPSA) is 126 Å². The van der Waals surface area contributed by atoms with Gasteiger partial charge in [-0.05, 0) is 77.0 Å². The summed E-state index contributed by atoms with van der Waals surface area (Å²) < 4.78 is 49.4. The molecule has 3 heterocycles. The van der Waals surface area contributed by atoms with Crippen LogP contribution in [0.15, 0.2) is 30.6 Å². The van der Waals surface area contributed by atoms with Crippen molar-refractivity contribution in [2.75, 3.05) is 32.9 Å². The summed E-state index contributed by atoms with van der Waals surface area (Å²) in [5, 5.41) is 0. The number of likely N-dealkylation sites (tertiary alicyclic amines) is 1. The van der Waals surface area contributed by atoms with Crippen molar-refractivity contribution in [1.29, 1.82) is 0 Å². The van der Waals surface area contributed by atoms with Gasteiger partial charge in [-0.25, -0.2) is 23.1 Å². The van der Waals surface area contributed by atoms with Gasteiger partial charge in [0.2, 0.25) is 11.8 Å². The first kappa shape index (κ1) is 29.0. The molecule has 2 fully saturated rings. The molecule has 0 atom stereocenters. The molecule has 2 saturated heterocycles. The minimum absolute atomic E-state index is 0.0412. The average molecular weight is 564 g/mol. The minimum Gasteiger partial charge on any atom is -0.477 e. The average Bonchev–Trinajstić information content (AvgIpc) is 2.88. The van der Waals surface area contributed by atoms with E-state index in [1.807, 2.05) is 39.8 Å². The molecule has 2 aliphatic heterocycles. The molecule has 11 nitrogen and oxygen atoms in total. The van der Waals surface area contributed by atoms with Crippen LogP contribution in [0, 0.1) is 12.8 Å². The minimum atomic E-state index is -3.87. The zero-order chi connectivity index (χ0) is 28.0. The normalized spacial score (nSPS) is 18.5. The van der Waals surface area contributed by atoms with Crippen LogP contribution in [-0.2, 0) is 23.5 Å². The number of benzene rings is 1. The smallest absolute Gasteiger partial charge is 0.410 e. The first-order chi connectivity index (χ1) is 18.5. The number of amides is 1. The van der Waals surface area contributed by atoms with Crippen LogP contribution in [0.3, 0.4) is 0 Å². The molecule has 0 N–H and O–H groups in total. The Kier molecular flexibility index (Phi) is 9.29. The maximum Gasteiger partial charge on any atom is 0.410 e. The maximum atomic E-state index is 12.2. The van der Waals surface area contributed by atoms with Gasteiger partial charge in [0, 0.05) is 19.0 Å². The highest BCUT2D eigenvalue weighted by Gasteiger charge is 2.27. The number of rotatable bonds is 8. The molecule has 214 valence electrons. The van der Waals surface area contributed by atoms with Gasteiger partial charge in [0.1, 0.15) is 17.7 Å². The predicted octanol–water partition coefficient (Wildman–Crippen LogP) is 4.76. The third-order valence-electron chi connectivity index (χ3n) is 6.65. The lowest BCUT2D eigenvalue weighted by molar-refractivity contribution is 0.0179. The lowest BCUT2D eigenvalue weighted by atomic mass is 9.92. The van der Waals surface area contributed by atoms with Crippen molar-refractivity contribution in [3.63, 3.8) is 0 Å². The van der Waals surface area contributed by atoms with Gasteiger partial charge in [0.25, 0.3) is 0 Å². The summed E-state index contributed by atoms with van der Waals surface area (Å²) in [4.78, 5) is 22.5. The van der Waals surface area contributed by atoms with Crippen LogP contribution < -0.4 is 9.47 Å². The number of nitrogens with zero attached hydrogens (tertiary/aromatic N) is 3. The Morgan fingerprint density at radius 3 is 2.33 bits per heavy atom. The zero-order valence-corrected chi connectivity index (χ0v) is 23.7. The lowest BCUT2D eigenvalue weighted by Gasteiger charge is -2.33. The summed E-state index contributed by atoms with van der Waals surface area (Å²) >= 11 is 0. The van der Waals surface area contributed by atoms with E-state index in [2.05, 4.69) is 9.97 Å². The second-order valence-corrected chi connectivity index (χ2v) is 12.1. The summed E-state index contributed by atoms with van der Waals surface area (Å²) in [5.41, 5.74) is 1.11. The van der Waals surface area contributed by atoms with Gasteiger partial charge < -0.3 is 19.1 Å². The van der Waals surface area contributed by atoms with Crippen molar-refractivity contribution < 1.29 is 35.8 Å². The van der Waals surface area contributed by atoms with Gasteiger partial charge in [-0.1, -0.05) is 12.1 Å². The monoisotopic (exact) mass is 563 g/mol. The van der Waals surface area contributed by atoms with Gasteiger partial charge in [0.15, 0.2) is 0 Å². The van der Waals surface area contributed by atoms with E-state index in [4.69, 9.17) is 22.6 Å². The SMILES string of the molecule is Cc1c(OCCCC2CCN(C(=O)OC(C)(C)C)CC2)ncnc1Oc1ccc(C2COS(=O)(=O)OC2)cc1. The van der Waals surface area contributed by atoms with Crippen molar-refractivity contribution in [1.82, 2.24) is 14.9 Å². The third-order valence-corrected chi connectivity index (χ3v) is 7.50. The van der Waals surface area contributed by atoms with Crippen molar-refractivity contribution in [2.24, 2.45) is 5.92 Å². The third kappa shape index (κ3) is 8.51. The van der Waals surface area contributed by atoms with Gasteiger partial charge >= 0.3 is 16.5 Å². The summed E-state index contributed by atoms with van der Waals surface area (Å²) in [5.74, 6) is 1.83. The quantitative estimate of drug-likeness (QED) is 0.415. The highest BCUT2D eigenvalue weighted by atomic mass is 32.3. The molecular weight excluding hydrogens is 526 g/mol. The molecule has 0 unspecified atom stereocenters. The number of carbonyl (C=O) groups is 1. The number of hydrogen-bond acceptors (Lipinski definition) is 10. The molecule has 39 heavy (non-hydrogen) atoms. The van der Waals surface area contributed by atoms with Crippen molar-refractivity contribution in [3.05, 3.63) is 41.7 Å². The molecule has 1 aromatic heterocycles. The molecule has 1 amide bonds. The van der Waals surface area contributed by atoms with E-state index >= 15 is 0 Å². The molecule has 0 bridgehead atoms. The molecule has 12 heteroatoms. The molecule has 4 rings (SSSR count). The van der Waals surface area contributed by atoms with Crippen molar-refractivity contribution >= 4 is 16.5 Å². The number of ether oxygens (including phenoxy) is 3. The van der Waals surface area contributed by atoms with E-state index in [-0.39, 0.29) is 25.2 Å². The largest absolute Gasteiger partial charge is 0.477 e. The van der Waals surface area contributed by atoms with E-state index in [1.54, 1.807) is 17.0 Å². The highest BCUT2D eigenvalue weighted by Crippen LogP contribution is 2.30. The molecule has 0 spiro atoms. The fourth-order valence-electron chi connectivity index (χ4n) is 4.46. The maximum absolute atomic E-state index is 12.2. The van der Waals surface area contributed by atoms with E-state index in [9.17, 15) is 13.2 Å². The van der Waals surface area contributed by atoms with Crippen LogP contribution in [0.1, 0.15) is 63.5 Å². The number of hydrogen-bond donors (Lipinski definition) is 0. The Morgan fingerprint density at radius 2 is 1.69 bits per heavy atom. The van der Waals surface area contributed by atoms with Crippen LogP contribution in [0.25, 0.3) is 0 Å². The van der Waals surface area contributed by atoms with Crippen molar-refractivity contribution in [3.8, 4) is 17.5 Å². The van der Waals surface area contributed by atoms with Crippen LogP contribution in [0.5, 0.6) is 17.5 Å². The zero-order valence-electron chi connectivity index (χ0n) is 22.9. The summed E-state index contributed by atoms with van der Waals surface area (Å²) in [6.07, 6.45) is 5.00. The summed E-state index contributed by atoms with van der Waals surface area (Å²) in [6.45, 7) is 9.54. The molecule has 2 aliphatic rings. The van der Waals surface area contributed by atoms with E-state index in [0.717, 1.165) is 44.3 Å². The molecule has 1 aromatic carbocycles. The number of carbonyl (C=O) groups excluding carboxylic acids is 1. The summed E-state index contributed by atoms with van der Waals surface area (Å²) in [7, 11) is -3.87. The Bertz CT molecular complexity index is 1210. The van der Waals surface area contributed by atoms with E-state index in [0.29, 0.717) is 35.6 Å². The summed E-state index contributed by atoms with van der Waals surface area (Å²) in [6, 6.07) is 7.26. The first-order valence-corrected chi connectivity index (χ1v) is 14.6. The Morgan fingerprint density at radius 1 is 1.05 bits per heavy atom. The molecule has 2 aromatic rings. The first-order valence-electron chi connectivity index (χ1n) is 13.2. The Hall–Kier alpha value is -2.96. The van der Waals surface area contributed by atoms with Gasteiger partial charge in [-0.15, -0.1) is 0 Å². The second kappa shape index (κ2) is 12.5. The molecule has 0 aliphatic carbocycles. The second-order valence-electron chi connectivity index (χ2n) is 10.9. The van der Waals surface area contributed by atoms with Crippen LogP contribution >= 0.6 is 0 Å². The molecular formula is C27H37N3O8S. The highest BCUT2D eigenvalue weighted by molar-refractivity contribution is 7.81. The van der Waals surface area contributed by atoms with Gasteiger partial charge in [-0.3, -0.25) is 0 Å². The van der Waals surface area contributed by atoms with Crippen LogP contribution in [0.2, 0.25) is 0 Å². The number of aromatic nitrogens is 2.